The highest BCUT2D eigenvalue weighted by atomic mass is 32.2. The summed E-state index contributed by atoms with van der Waals surface area (Å²) < 4.78 is 12.0. The summed E-state index contributed by atoms with van der Waals surface area (Å²) in [4.78, 5) is 5.20. The zero-order chi connectivity index (χ0) is 15.2. The minimum absolute atomic E-state index is 0.0971. The van der Waals surface area contributed by atoms with Crippen molar-refractivity contribution in [1.29, 1.82) is 0 Å². The van der Waals surface area contributed by atoms with Crippen molar-refractivity contribution in [2.75, 3.05) is 13.2 Å². The van der Waals surface area contributed by atoms with Gasteiger partial charge in [-0.2, -0.15) is 0 Å². The molecule has 2 aliphatic rings. The predicted octanol–water partition coefficient (Wildman–Crippen LogP) is 4.07. The van der Waals surface area contributed by atoms with Gasteiger partial charge in [0.2, 0.25) is 0 Å². The Bertz CT molecular complexity index is 708. The van der Waals surface area contributed by atoms with E-state index in [-0.39, 0.29) is 12.5 Å². The second-order valence-electron chi connectivity index (χ2n) is 6.44. The average molecular weight is 328 g/mol. The molecular weight excluding hydrogens is 311 g/mol. The molecule has 2 nitrogen and oxygen atoms in total. The first-order valence-corrected chi connectivity index (χ1v) is 9.07. The van der Waals surface area contributed by atoms with Gasteiger partial charge in [0, 0.05) is 38.2 Å². The van der Waals surface area contributed by atoms with E-state index in [1.165, 1.54) is 19.6 Å². The third kappa shape index (κ3) is 2.71. The van der Waals surface area contributed by atoms with Crippen LogP contribution in [0.25, 0.3) is 0 Å². The summed E-state index contributed by atoms with van der Waals surface area (Å²) in [6, 6.07) is 15.0. The highest BCUT2D eigenvalue weighted by Crippen LogP contribution is 2.47. The van der Waals surface area contributed by atoms with Gasteiger partial charge in [-0.05, 0) is 23.7 Å². The number of rotatable bonds is 1. The van der Waals surface area contributed by atoms with Crippen LogP contribution in [0.3, 0.4) is 0 Å². The molecule has 0 radical (unpaired) electrons. The van der Waals surface area contributed by atoms with Crippen LogP contribution in [0.15, 0.2) is 62.0 Å². The summed E-state index contributed by atoms with van der Waals surface area (Å²) in [6.07, 6.45) is 0. The van der Waals surface area contributed by atoms with E-state index in [0.717, 1.165) is 18.7 Å². The van der Waals surface area contributed by atoms with Crippen LogP contribution in [0, 0.1) is 5.41 Å². The summed E-state index contributed by atoms with van der Waals surface area (Å²) in [5, 5.41) is 0. The monoisotopic (exact) mass is 328 g/mol. The zero-order valence-corrected chi connectivity index (χ0v) is 14.3. The van der Waals surface area contributed by atoms with Crippen LogP contribution in [-0.4, -0.2) is 20.3 Å². The molecule has 0 atom stereocenters. The van der Waals surface area contributed by atoms with E-state index >= 15 is 0 Å². The van der Waals surface area contributed by atoms with Crippen molar-refractivity contribution < 1.29 is 9.31 Å². The normalized spacial score (nSPS) is 19.5. The summed E-state index contributed by atoms with van der Waals surface area (Å²) in [7, 11) is -0.249. The van der Waals surface area contributed by atoms with Crippen molar-refractivity contribution in [3.63, 3.8) is 0 Å². The molecule has 0 N–H and O–H groups in total. The van der Waals surface area contributed by atoms with Gasteiger partial charge in [0.25, 0.3) is 0 Å². The molecule has 5 heteroatoms. The van der Waals surface area contributed by atoms with Crippen molar-refractivity contribution >= 4 is 36.1 Å². The molecule has 2 aromatic rings. The second-order valence-corrected chi connectivity index (χ2v) is 8.58. The first-order valence-electron chi connectivity index (χ1n) is 7.43. The largest absolute Gasteiger partial charge is 0.495 e. The summed E-state index contributed by atoms with van der Waals surface area (Å²) in [5.74, 6) is 0. The fourth-order valence-corrected chi connectivity index (χ4v) is 5.02. The van der Waals surface area contributed by atoms with Gasteiger partial charge < -0.3 is 9.31 Å². The maximum atomic E-state index is 5.99. The molecule has 0 bridgehead atoms. The smallest absolute Gasteiger partial charge is 0.407 e. The van der Waals surface area contributed by atoms with E-state index < -0.39 is 0 Å². The van der Waals surface area contributed by atoms with Gasteiger partial charge >= 0.3 is 7.12 Å². The van der Waals surface area contributed by atoms with Crippen molar-refractivity contribution in [3.05, 3.63) is 42.5 Å². The Hall–Kier alpha value is -0.875. The lowest BCUT2D eigenvalue weighted by molar-refractivity contribution is 0.0341. The number of fused-ring (bicyclic) bond motifs is 2. The highest BCUT2D eigenvalue weighted by molar-refractivity contribution is 8.05. The van der Waals surface area contributed by atoms with Crippen LogP contribution in [0.2, 0.25) is 0 Å². The topological polar surface area (TPSA) is 18.5 Å². The maximum absolute atomic E-state index is 5.99. The minimum Gasteiger partial charge on any atom is -0.407 e. The summed E-state index contributed by atoms with van der Waals surface area (Å²) >= 11 is 3.65. The number of hydrogen-bond acceptors (Lipinski definition) is 4. The molecule has 0 spiro atoms. The Morgan fingerprint density at radius 3 is 2.23 bits per heavy atom. The molecule has 0 aliphatic carbocycles. The van der Waals surface area contributed by atoms with Crippen LogP contribution in [0.5, 0.6) is 0 Å². The average Bonchev–Trinajstić information content (AvgIpc) is 2.52. The molecule has 2 heterocycles. The Balaban J connectivity index is 1.67. The highest BCUT2D eigenvalue weighted by Gasteiger charge is 2.36. The quantitative estimate of drug-likeness (QED) is 0.627. The van der Waals surface area contributed by atoms with Crippen molar-refractivity contribution in [2.24, 2.45) is 5.41 Å². The van der Waals surface area contributed by atoms with E-state index in [9.17, 15) is 0 Å². The summed E-state index contributed by atoms with van der Waals surface area (Å²) in [5.41, 5.74) is 1.25. The van der Waals surface area contributed by atoms with E-state index in [0.29, 0.717) is 0 Å². The van der Waals surface area contributed by atoms with Gasteiger partial charge in [-0.1, -0.05) is 61.6 Å². The van der Waals surface area contributed by atoms with E-state index in [4.69, 9.17) is 9.31 Å². The van der Waals surface area contributed by atoms with Crippen LogP contribution in [-0.2, 0) is 9.31 Å². The zero-order valence-electron chi connectivity index (χ0n) is 12.7. The molecule has 2 aliphatic heterocycles. The third-order valence-corrected chi connectivity index (χ3v) is 6.43. The van der Waals surface area contributed by atoms with Crippen LogP contribution in [0.1, 0.15) is 13.8 Å². The maximum Gasteiger partial charge on any atom is 0.495 e. The Labute approximate surface area is 140 Å². The van der Waals surface area contributed by atoms with Gasteiger partial charge in [-0.3, -0.25) is 0 Å². The van der Waals surface area contributed by atoms with Crippen molar-refractivity contribution in [3.8, 4) is 0 Å². The van der Waals surface area contributed by atoms with E-state index in [1.54, 1.807) is 0 Å². The van der Waals surface area contributed by atoms with Crippen LogP contribution >= 0.6 is 23.5 Å². The van der Waals surface area contributed by atoms with E-state index in [2.05, 4.69) is 56.3 Å². The molecule has 22 heavy (non-hydrogen) atoms. The summed E-state index contributed by atoms with van der Waals surface area (Å²) in [6.45, 7) is 5.81. The molecule has 4 rings (SSSR count). The number of hydrogen-bond donors (Lipinski definition) is 0. The molecule has 0 unspecified atom stereocenters. The minimum atomic E-state index is -0.249. The van der Waals surface area contributed by atoms with Gasteiger partial charge in [-0.25, -0.2) is 0 Å². The lowest BCUT2D eigenvalue weighted by Crippen LogP contribution is -2.48. The van der Waals surface area contributed by atoms with Crippen LogP contribution in [0.4, 0.5) is 0 Å². The van der Waals surface area contributed by atoms with Crippen molar-refractivity contribution in [1.82, 2.24) is 0 Å². The predicted molar refractivity (Wildman–Crippen MR) is 92.2 cm³/mol. The molecule has 2 aromatic carbocycles. The lowest BCUT2D eigenvalue weighted by atomic mass is 9.76. The van der Waals surface area contributed by atoms with Gasteiger partial charge in [-0.15, -0.1) is 0 Å². The molecule has 1 fully saturated rings. The van der Waals surface area contributed by atoms with Gasteiger partial charge in [0.1, 0.15) is 0 Å². The third-order valence-electron chi connectivity index (χ3n) is 3.80. The number of benzene rings is 2. The fraction of sp³-hybridized carbons (Fsp3) is 0.294. The first-order chi connectivity index (χ1) is 10.6. The molecule has 112 valence electrons. The fourth-order valence-electron chi connectivity index (χ4n) is 2.63. The molecule has 0 amide bonds. The molecule has 0 saturated carbocycles. The second kappa shape index (κ2) is 5.64. The van der Waals surface area contributed by atoms with Crippen LogP contribution < -0.4 is 5.46 Å². The first kappa shape index (κ1) is 14.7. The van der Waals surface area contributed by atoms with Crippen molar-refractivity contribution in [2.45, 2.75) is 33.4 Å². The Kier molecular flexibility index (Phi) is 3.77. The molecule has 1 saturated heterocycles. The molecule has 0 aromatic heterocycles. The Morgan fingerprint density at radius 2 is 1.50 bits per heavy atom. The lowest BCUT2D eigenvalue weighted by Gasteiger charge is -2.34. The van der Waals surface area contributed by atoms with E-state index in [1.807, 2.05) is 23.5 Å². The Morgan fingerprint density at radius 1 is 0.864 bits per heavy atom. The SMILES string of the molecule is CC1(C)COB(c2cccc3c2Sc2ccccc2S3)OC1. The van der Waals surface area contributed by atoms with Gasteiger partial charge in [0.05, 0.1) is 0 Å². The van der Waals surface area contributed by atoms with Gasteiger partial charge in [0.15, 0.2) is 0 Å². The standard InChI is InChI=1S/C17H17BO2S2/c1-17(2)10-19-18(20-11-17)12-6-5-9-15-16(12)22-14-8-4-3-7-13(14)21-15/h3-9H,10-11H2,1-2H3. The molecular formula is C17H17BO2S2.